The highest BCUT2D eigenvalue weighted by atomic mass is 16.2. The Morgan fingerprint density at radius 2 is 1.57 bits per heavy atom. The summed E-state index contributed by atoms with van der Waals surface area (Å²) in [6, 6.07) is 0. The number of carbonyl (C=O) groups is 2. The fourth-order valence-corrected chi connectivity index (χ4v) is 1.71. The van der Waals surface area contributed by atoms with E-state index in [2.05, 4.69) is 0 Å². The van der Waals surface area contributed by atoms with Gasteiger partial charge < -0.3 is 10.6 Å². The van der Waals surface area contributed by atoms with Gasteiger partial charge in [-0.3, -0.25) is 9.59 Å². The molecule has 1 fully saturated rings. The van der Waals surface area contributed by atoms with Crippen molar-refractivity contribution in [3.05, 3.63) is 0 Å². The van der Waals surface area contributed by atoms with Gasteiger partial charge in [-0.1, -0.05) is 12.8 Å². The molecule has 1 saturated heterocycles. The summed E-state index contributed by atoms with van der Waals surface area (Å²) in [5.74, 6) is -0.320. The zero-order valence-electron chi connectivity index (χ0n) is 8.50. The topological polar surface area (TPSA) is 63.4 Å². The second-order valence-corrected chi connectivity index (χ2v) is 3.76. The van der Waals surface area contributed by atoms with Crippen molar-refractivity contribution in [2.45, 2.75) is 38.5 Å². The molecule has 4 heteroatoms. The molecule has 0 saturated carbocycles. The highest BCUT2D eigenvalue weighted by Gasteiger charge is 2.15. The van der Waals surface area contributed by atoms with Crippen LogP contribution in [0.4, 0.5) is 0 Å². The van der Waals surface area contributed by atoms with Crippen molar-refractivity contribution in [1.29, 1.82) is 0 Å². The minimum atomic E-state index is -0.395. The first-order valence-electron chi connectivity index (χ1n) is 5.26. The number of nitrogens with two attached hydrogens (primary N) is 1. The van der Waals surface area contributed by atoms with Gasteiger partial charge in [0.1, 0.15) is 0 Å². The van der Waals surface area contributed by atoms with E-state index in [1.165, 1.54) is 12.8 Å². The minimum absolute atomic E-state index is 0.0747. The normalized spacial score (nSPS) is 17.6. The van der Waals surface area contributed by atoms with Gasteiger partial charge in [0.25, 0.3) is 0 Å². The standard InChI is InChI=1S/C10H18N2O2/c11-9(13)5-6-10(14)12-7-3-1-2-4-8-12/h1-8H2,(H2,11,13). The van der Waals surface area contributed by atoms with E-state index in [0.29, 0.717) is 0 Å². The van der Waals surface area contributed by atoms with Crippen molar-refractivity contribution in [2.75, 3.05) is 13.1 Å². The SMILES string of the molecule is NC(=O)CCC(=O)N1CCCCCC1. The Bertz CT molecular complexity index is 208. The number of rotatable bonds is 3. The first-order valence-corrected chi connectivity index (χ1v) is 5.26. The molecule has 0 atom stereocenters. The molecular formula is C10H18N2O2. The fourth-order valence-electron chi connectivity index (χ4n) is 1.71. The summed E-state index contributed by atoms with van der Waals surface area (Å²) < 4.78 is 0. The van der Waals surface area contributed by atoms with Crippen LogP contribution >= 0.6 is 0 Å². The molecule has 14 heavy (non-hydrogen) atoms. The summed E-state index contributed by atoms with van der Waals surface area (Å²) in [4.78, 5) is 23.9. The third-order valence-corrected chi connectivity index (χ3v) is 2.54. The molecule has 0 aromatic rings. The fraction of sp³-hybridized carbons (Fsp3) is 0.800. The van der Waals surface area contributed by atoms with E-state index < -0.39 is 5.91 Å². The predicted molar refractivity (Wildman–Crippen MR) is 53.5 cm³/mol. The Morgan fingerprint density at radius 1 is 1.00 bits per heavy atom. The van der Waals surface area contributed by atoms with Gasteiger partial charge in [-0.15, -0.1) is 0 Å². The lowest BCUT2D eigenvalue weighted by Gasteiger charge is -2.19. The molecule has 4 nitrogen and oxygen atoms in total. The molecule has 0 aliphatic carbocycles. The quantitative estimate of drug-likeness (QED) is 0.723. The smallest absolute Gasteiger partial charge is 0.223 e. The minimum Gasteiger partial charge on any atom is -0.370 e. The first kappa shape index (κ1) is 11.0. The van der Waals surface area contributed by atoms with Gasteiger partial charge in [0, 0.05) is 25.9 Å². The maximum atomic E-state index is 11.6. The van der Waals surface area contributed by atoms with Gasteiger partial charge in [0.2, 0.25) is 11.8 Å². The van der Waals surface area contributed by atoms with Crippen LogP contribution in [0.3, 0.4) is 0 Å². The summed E-state index contributed by atoms with van der Waals surface area (Å²) in [5.41, 5.74) is 4.99. The summed E-state index contributed by atoms with van der Waals surface area (Å²) in [7, 11) is 0. The highest BCUT2D eigenvalue weighted by Crippen LogP contribution is 2.10. The molecular weight excluding hydrogens is 180 g/mol. The van der Waals surface area contributed by atoms with Crippen LogP contribution in [0.1, 0.15) is 38.5 Å². The number of amides is 2. The number of carbonyl (C=O) groups excluding carboxylic acids is 2. The molecule has 1 rings (SSSR count). The van der Waals surface area contributed by atoms with Crippen LogP contribution in [0, 0.1) is 0 Å². The monoisotopic (exact) mass is 198 g/mol. The molecule has 1 aliphatic heterocycles. The van der Waals surface area contributed by atoms with Crippen molar-refractivity contribution in [2.24, 2.45) is 5.73 Å². The molecule has 0 radical (unpaired) electrons. The van der Waals surface area contributed by atoms with Crippen molar-refractivity contribution in [1.82, 2.24) is 4.90 Å². The molecule has 2 N–H and O–H groups in total. The molecule has 0 unspecified atom stereocenters. The van der Waals surface area contributed by atoms with E-state index >= 15 is 0 Å². The van der Waals surface area contributed by atoms with Gasteiger partial charge in [-0.2, -0.15) is 0 Å². The van der Waals surface area contributed by atoms with Crippen LogP contribution in [0.2, 0.25) is 0 Å². The summed E-state index contributed by atoms with van der Waals surface area (Å²) >= 11 is 0. The highest BCUT2D eigenvalue weighted by molar-refractivity contribution is 5.82. The van der Waals surface area contributed by atoms with Gasteiger partial charge in [-0.25, -0.2) is 0 Å². The average Bonchev–Trinajstić information content (AvgIpc) is 2.42. The molecule has 0 spiro atoms. The van der Waals surface area contributed by atoms with Gasteiger partial charge in [0.15, 0.2) is 0 Å². The number of nitrogens with zero attached hydrogens (tertiary/aromatic N) is 1. The maximum absolute atomic E-state index is 11.6. The summed E-state index contributed by atoms with van der Waals surface area (Å²) in [5, 5.41) is 0. The van der Waals surface area contributed by atoms with E-state index in [4.69, 9.17) is 5.73 Å². The molecule has 80 valence electrons. The molecule has 1 heterocycles. The Labute approximate surface area is 84.4 Å². The maximum Gasteiger partial charge on any atom is 0.223 e. The lowest BCUT2D eigenvalue weighted by atomic mass is 10.2. The molecule has 0 aromatic carbocycles. The lowest BCUT2D eigenvalue weighted by molar-refractivity contribution is -0.133. The van der Waals surface area contributed by atoms with E-state index in [1.54, 1.807) is 0 Å². The third kappa shape index (κ3) is 3.77. The van der Waals surface area contributed by atoms with Crippen LogP contribution in [-0.4, -0.2) is 29.8 Å². The number of hydrogen-bond acceptors (Lipinski definition) is 2. The Balaban J connectivity index is 2.30. The van der Waals surface area contributed by atoms with Gasteiger partial charge >= 0.3 is 0 Å². The zero-order valence-corrected chi connectivity index (χ0v) is 8.50. The van der Waals surface area contributed by atoms with Crippen LogP contribution in [0.15, 0.2) is 0 Å². The second-order valence-electron chi connectivity index (χ2n) is 3.76. The number of hydrogen-bond donors (Lipinski definition) is 1. The third-order valence-electron chi connectivity index (χ3n) is 2.54. The van der Waals surface area contributed by atoms with Crippen molar-refractivity contribution in [3.8, 4) is 0 Å². The van der Waals surface area contributed by atoms with E-state index in [0.717, 1.165) is 25.9 Å². The van der Waals surface area contributed by atoms with Crippen LogP contribution < -0.4 is 5.73 Å². The van der Waals surface area contributed by atoms with Gasteiger partial charge in [0.05, 0.1) is 0 Å². The first-order chi connectivity index (χ1) is 6.70. The predicted octanol–water partition coefficient (Wildman–Crippen LogP) is 0.654. The van der Waals surface area contributed by atoms with Crippen LogP contribution in [0.25, 0.3) is 0 Å². The van der Waals surface area contributed by atoms with E-state index in [1.807, 2.05) is 4.90 Å². The molecule has 0 aromatic heterocycles. The van der Waals surface area contributed by atoms with Crippen molar-refractivity contribution >= 4 is 11.8 Å². The van der Waals surface area contributed by atoms with E-state index in [9.17, 15) is 9.59 Å². The van der Waals surface area contributed by atoms with Crippen LogP contribution in [-0.2, 0) is 9.59 Å². The second kappa shape index (κ2) is 5.62. The zero-order chi connectivity index (χ0) is 10.4. The average molecular weight is 198 g/mol. The molecule has 1 aliphatic rings. The van der Waals surface area contributed by atoms with Crippen molar-refractivity contribution in [3.63, 3.8) is 0 Å². The molecule has 2 amide bonds. The Kier molecular flexibility index (Phi) is 4.43. The van der Waals surface area contributed by atoms with E-state index in [-0.39, 0.29) is 18.7 Å². The van der Waals surface area contributed by atoms with Crippen LogP contribution in [0.5, 0.6) is 0 Å². The largest absolute Gasteiger partial charge is 0.370 e. The Morgan fingerprint density at radius 3 is 2.07 bits per heavy atom. The Hall–Kier alpha value is -1.06. The van der Waals surface area contributed by atoms with Gasteiger partial charge in [-0.05, 0) is 12.8 Å². The summed E-state index contributed by atoms with van der Waals surface area (Å²) in [6.45, 7) is 1.69. The summed E-state index contributed by atoms with van der Waals surface area (Å²) in [6.07, 6.45) is 5.04. The lowest BCUT2D eigenvalue weighted by Crippen LogP contribution is -2.32. The molecule has 0 bridgehead atoms. The number of primary amides is 1. The van der Waals surface area contributed by atoms with Crippen molar-refractivity contribution < 1.29 is 9.59 Å². The number of likely N-dealkylation sites (tertiary alicyclic amines) is 1.